The van der Waals surface area contributed by atoms with Crippen molar-refractivity contribution in [3.63, 3.8) is 0 Å². The Balaban J connectivity index is 0.000000236. The first-order chi connectivity index (χ1) is 11.9. The van der Waals surface area contributed by atoms with Gasteiger partial charge in [0.15, 0.2) is 0 Å². The van der Waals surface area contributed by atoms with Crippen molar-refractivity contribution in [2.45, 2.75) is 45.2 Å². The first-order valence-electron chi connectivity index (χ1n) is 8.36. The highest BCUT2D eigenvalue weighted by Gasteiger charge is 2.30. The Hall–Kier alpha value is -1.58. The fourth-order valence-electron chi connectivity index (χ4n) is 3.01. The van der Waals surface area contributed by atoms with E-state index < -0.39 is 0 Å². The largest absolute Gasteiger partial charge is 0.333 e. The average molecular weight is 382 g/mol. The Morgan fingerprint density at radius 2 is 1.76 bits per heavy atom. The van der Waals surface area contributed by atoms with E-state index in [0.29, 0.717) is 11.4 Å². The molecule has 0 aromatic heterocycles. The van der Waals surface area contributed by atoms with Crippen LogP contribution in [0.2, 0.25) is 10.0 Å². The number of carbonyl (C=O) groups excluding carboxylic acids is 1. The van der Waals surface area contributed by atoms with E-state index in [-0.39, 0.29) is 23.8 Å². The minimum absolute atomic E-state index is 0.216. The number of likely N-dealkylation sites (tertiary alicyclic amines) is 1. The Morgan fingerprint density at radius 1 is 1.08 bits per heavy atom. The van der Waals surface area contributed by atoms with E-state index in [1.165, 1.54) is 17.7 Å². The summed E-state index contributed by atoms with van der Waals surface area (Å²) in [4.78, 5) is 14.0. The fraction of sp³-hybridized carbons (Fsp3) is 0.350. The van der Waals surface area contributed by atoms with Gasteiger partial charge in [0.2, 0.25) is 5.91 Å². The Kier molecular flexibility index (Phi) is 7.27. The highest BCUT2D eigenvalue weighted by Crippen LogP contribution is 2.33. The van der Waals surface area contributed by atoms with E-state index in [2.05, 4.69) is 13.8 Å². The molecular weight excluding hydrogens is 360 g/mol. The number of carbonyl (C=O) groups is 1. The third-order valence-electron chi connectivity index (χ3n) is 4.09. The van der Waals surface area contributed by atoms with Gasteiger partial charge in [0.1, 0.15) is 5.82 Å². The summed E-state index contributed by atoms with van der Waals surface area (Å²) in [6.45, 7) is 4.15. The third-order valence-corrected chi connectivity index (χ3v) is 4.58. The predicted molar refractivity (Wildman–Crippen MR) is 101 cm³/mol. The second-order valence-corrected chi connectivity index (χ2v) is 7.17. The van der Waals surface area contributed by atoms with Crippen molar-refractivity contribution >= 4 is 29.1 Å². The van der Waals surface area contributed by atoms with Crippen LogP contribution in [-0.2, 0) is 4.79 Å². The lowest BCUT2D eigenvalue weighted by molar-refractivity contribution is -0.138. The van der Waals surface area contributed by atoms with Gasteiger partial charge in [-0.1, -0.05) is 41.4 Å². The van der Waals surface area contributed by atoms with Gasteiger partial charge < -0.3 is 4.90 Å². The summed E-state index contributed by atoms with van der Waals surface area (Å²) in [5, 5.41) is 1.18. The Morgan fingerprint density at radius 3 is 2.28 bits per heavy atom. The molecular formula is C20H22Cl2FNO. The van der Waals surface area contributed by atoms with Gasteiger partial charge >= 0.3 is 0 Å². The monoisotopic (exact) mass is 381 g/mol. The molecule has 1 aliphatic rings. The molecule has 25 heavy (non-hydrogen) atoms. The van der Waals surface area contributed by atoms with E-state index in [0.717, 1.165) is 17.9 Å². The zero-order chi connectivity index (χ0) is 18.4. The number of nitrogens with zero attached hydrogens (tertiary/aromatic N) is 1. The summed E-state index contributed by atoms with van der Waals surface area (Å²) in [5.74, 6) is -0.0244. The van der Waals surface area contributed by atoms with E-state index in [1.54, 1.807) is 12.1 Å². The van der Waals surface area contributed by atoms with Crippen LogP contribution < -0.4 is 0 Å². The van der Waals surface area contributed by atoms with Crippen molar-refractivity contribution < 1.29 is 9.18 Å². The molecule has 1 heterocycles. The van der Waals surface area contributed by atoms with Gasteiger partial charge in [-0.15, -0.1) is 0 Å². The van der Waals surface area contributed by atoms with Gasteiger partial charge in [-0.25, -0.2) is 4.39 Å². The second-order valence-electron chi connectivity index (χ2n) is 6.29. The number of benzene rings is 2. The summed E-state index contributed by atoms with van der Waals surface area (Å²) in [6.07, 6.45) is 2.71. The van der Waals surface area contributed by atoms with Gasteiger partial charge in [0.05, 0.1) is 6.04 Å². The van der Waals surface area contributed by atoms with E-state index in [4.69, 9.17) is 23.2 Å². The highest BCUT2D eigenvalue weighted by atomic mass is 35.5. The molecule has 5 heteroatoms. The molecule has 0 aliphatic carbocycles. The number of rotatable bonds is 2. The van der Waals surface area contributed by atoms with Crippen molar-refractivity contribution in [2.24, 2.45) is 0 Å². The molecule has 0 bridgehead atoms. The van der Waals surface area contributed by atoms with Crippen molar-refractivity contribution in [1.29, 1.82) is 0 Å². The molecule has 0 spiro atoms. The van der Waals surface area contributed by atoms with Crippen molar-refractivity contribution in [1.82, 2.24) is 4.90 Å². The number of hydrogen-bond acceptors (Lipinski definition) is 1. The summed E-state index contributed by atoms with van der Waals surface area (Å²) in [6, 6.07) is 14.1. The highest BCUT2D eigenvalue weighted by molar-refractivity contribution is 6.30. The average Bonchev–Trinajstić information content (AvgIpc) is 2.55. The molecule has 1 unspecified atom stereocenters. The minimum Gasteiger partial charge on any atom is -0.333 e. The zero-order valence-electron chi connectivity index (χ0n) is 14.4. The standard InChI is InChI=1S/C14H18ClNO.C6H4ClF/c1-10(2)16-13(4-3-5-14(16)17)11-6-8-12(15)9-7-11;7-5-2-1-3-6(8)4-5/h6-10,13H,3-5H2,1-2H3;1-4H. The first-order valence-corrected chi connectivity index (χ1v) is 9.11. The van der Waals surface area contributed by atoms with E-state index >= 15 is 0 Å². The van der Waals surface area contributed by atoms with E-state index in [9.17, 15) is 9.18 Å². The zero-order valence-corrected chi connectivity index (χ0v) is 15.9. The maximum Gasteiger partial charge on any atom is 0.223 e. The molecule has 1 fully saturated rings. The summed E-state index contributed by atoms with van der Waals surface area (Å²) in [5.41, 5.74) is 1.19. The Labute approximate surface area is 158 Å². The van der Waals surface area contributed by atoms with Gasteiger partial charge in [0, 0.05) is 22.5 Å². The third kappa shape index (κ3) is 5.72. The molecule has 0 radical (unpaired) electrons. The molecule has 1 amide bonds. The van der Waals surface area contributed by atoms with Crippen molar-refractivity contribution in [2.75, 3.05) is 0 Å². The number of halogens is 3. The lowest BCUT2D eigenvalue weighted by Gasteiger charge is -2.39. The molecule has 1 saturated heterocycles. The summed E-state index contributed by atoms with van der Waals surface area (Å²) >= 11 is 11.3. The van der Waals surface area contributed by atoms with Crippen LogP contribution >= 0.6 is 23.2 Å². The molecule has 0 saturated carbocycles. The van der Waals surface area contributed by atoms with Crippen LogP contribution in [0.1, 0.15) is 44.7 Å². The van der Waals surface area contributed by atoms with Crippen LogP contribution in [-0.4, -0.2) is 16.8 Å². The molecule has 1 aliphatic heterocycles. The fourth-order valence-corrected chi connectivity index (χ4v) is 3.31. The number of hydrogen-bond donors (Lipinski definition) is 0. The van der Waals surface area contributed by atoms with Crippen LogP contribution in [0, 0.1) is 5.82 Å². The summed E-state index contributed by atoms with van der Waals surface area (Å²) in [7, 11) is 0. The minimum atomic E-state index is -0.294. The van der Waals surface area contributed by atoms with Crippen molar-refractivity contribution in [3.8, 4) is 0 Å². The van der Waals surface area contributed by atoms with Gasteiger partial charge in [-0.2, -0.15) is 0 Å². The van der Waals surface area contributed by atoms with Gasteiger partial charge in [0.25, 0.3) is 0 Å². The molecule has 2 aromatic carbocycles. The maximum atomic E-state index is 12.1. The number of piperidine rings is 1. The van der Waals surface area contributed by atoms with Crippen LogP contribution in [0.4, 0.5) is 4.39 Å². The second kappa shape index (κ2) is 9.21. The molecule has 3 rings (SSSR count). The quantitative estimate of drug-likeness (QED) is 0.599. The Bertz CT molecular complexity index is 686. The van der Waals surface area contributed by atoms with Crippen molar-refractivity contribution in [3.05, 3.63) is 70.0 Å². The lowest BCUT2D eigenvalue weighted by atomic mass is 9.93. The van der Waals surface area contributed by atoms with Crippen LogP contribution in [0.5, 0.6) is 0 Å². The first kappa shape index (κ1) is 19.7. The van der Waals surface area contributed by atoms with Gasteiger partial charge in [-0.3, -0.25) is 4.79 Å². The molecule has 134 valence electrons. The molecule has 2 aromatic rings. The molecule has 1 atom stereocenters. The molecule has 2 nitrogen and oxygen atoms in total. The van der Waals surface area contributed by atoms with Crippen LogP contribution in [0.15, 0.2) is 48.5 Å². The SMILES string of the molecule is CC(C)N1C(=O)CCCC1c1ccc(Cl)cc1.Fc1cccc(Cl)c1. The summed E-state index contributed by atoms with van der Waals surface area (Å²) < 4.78 is 12.1. The van der Waals surface area contributed by atoms with E-state index in [1.807, 2.05) is 29.2 Å². The van der Waals surface area contributed by atoms with Crippen LogP contribution in [0.25, 0.3) is 0 Å². The molecule has 0 N–H and O–H groups in total. The maximum absolute atomic E-state index is 12.1. The number of amides is 1. The smallest absolute Gasteiger partial charge is 0.223 e. The topological polar surface area (TPSA) is 20.3 Å². The predicted octanol–water partition coefficient (Wildman–Crippen LogP) is 6.28. The van der Waals surface area contributed by atoms with Crippen LogP contribution in [0.3, 0.4) is 0 Å². The lowest BCUT2D eigenvalue weighted by Crippen LogP contribution is -2.42. The normalized spacial score (nSPS) is 17.3. The van der Waals surface area contributed by atoms with Gasteiger partial charge in [-0.05, 0) is 62.6 Å².